The molecule has 0 radical (unpaired) electrons. The third kappa shape index (κ3) is 4.46. The first-order chi connectivity index (χ1) is 10.1. The Morgan fingerprint density at radius 2 is 2.05 bits per heavy atom. The van der Waals surface area contributed by atoms with Crippen LogP contribution >= 0.6 is 0 Å². The quantitative estimate of drug-likeness (QED) is 0.845. The fraction of sp³-hybridized carbons (Fsp3) is 0.588. The number of aryl methyl sites for hydroxylation is 1. The lowest BCUT2D eigenvalue weighted by Gasteiger charge is -2.20. The molecule has 0 bridgehead atoms. The smallest absolute Gasteiger partial charge is 0.251 e. The number of hydrogen-bond acceptors (Lipinski definition) is 3. The van der Waals surface area contributed by atoms with E-state index in [1.165, 1.54) is 25.9 Å². The number of anilines is 1. The molecule has 2 rings (SSSR count). The average molecular weight is 289 g/mol. The summed E-state index contributed by atoms with van der Waals surface area (Å²) in [4.78, 5) is 14.8. The second-order valence-electron chi connectivity index (χ2n) is 6.10. The Bertz CT molecular complexity index is 481. The summed E-state index contributed by atoms with van der Waals surface area (Å²) in [6.07, 6.45) is 2.63. The summed E-state index contributed by atoms with van der Waals surface area (Å²) in [6.45, 7) is 8.42. The van der Waals surface area contributed by atoms with Crippen LogP contribution in [-0.2, 0) is 0 Å². The van der Waals surface area contributed by atoms with Crippen LogP contribution in [0.1, 0.15) is 35.7 Å². The number of rotatable bonds is 6. The summed E-state index contributed by atoms with van der Waals surface area (Å²) in [6, 6.07) is 5.83. The lowest BCUT2D eigenvalue weighted by molar-refractivity contribution is 0.0944. The third-order valence-corrected chi connectivity index (χ3v) is 4.14. The first kappa shape index (κ1) is 15.8. The standard InChI is InChI=1S/C17H27N3O/c1-13(12-20-8-4-5-9-20)11-19-17(21)16-7-6-15(18-3)10-14(16)2/h6-7,10,13,18H,4-5,8-9,11-12H2,1-3H3,(H,19,21). The van der Waals surface area contributed by atoms with Crippen molar-refractivity contribution in [3.05, 3.63) is 29.3 Å². The van der Waals surface area contributed by atoms with Gasteiger partial charge in [0.25, 0.3) is 5.91 Å². The number of hydrogen-bond donors (Lipinski definition) is 2. The van der Waals surface area contributed by atoms with E-state index in [2.05, 4.69) is 22.5 Å². The Morgan fingerprint density at radius 1 is 1.33 bits per heavy atom. The maximum atomic E-state index is 12.3. The van der Waals surface area contributed by atoms with Gasteiger partial charge in [-0.05, 0) is 62.5 Å². The Morgan fingerprint density at radius 3 is 2.67 bits per heavy atom. The van der Waals surface area contributed by atoms with Gasteiger partial charge in [0.05, 0.1) is 0 Å². The van der Waals surface area contributed by atoms with Crippen molar-refractivity contribution in [2.24, 2.45) is 5.92 Å². The fourth-order valence-electron chi connectivity index (χ4n) is 2.91. The average Bonchev–Trinajstić information content (AvgIpc) is 2.97. The molecule has 1 amide bonds. The highest BCUT2D eigenvalue weighted by molar-refractivity contribution is 5.96. The minimum absolute atomic E-state index is 0.0309. The van der Waals surface area contributed by atoms with Gasteiger partial charge in [0.1, 0.15) is 0 Å². The third-order valence-electron chi connectivity index (χ3n) is 4.14. The molecule has 1 aromatic carbocycles. The van der Waals surface area contributed by atoms with E-state index in [0.29, 0.717) is 5.92 Å². The lowest BCUT2D eigenvalue weighted by atomic mass is 10.1. The zero-order chi connectivity index (χ0) is 15.2. The molecule has 1 heterocycles. The topological polar surface area (TPSA) is 44.4 Å². The molecule has 1 unspecified atom stereocenters. The summed E-state index contributed by atoms with van der Waals surface area (Å²) in [5.41, 5.74) is 2.81. The van der Waals surface area contributed by atoms with E-state index in [9.17, 15) is 4.79 Å². The van der Waals surface area contributed by atoms with Crippen molar-refractivity contribution in [2.75, 3.05) is 38.5 Å². The van der Waals surface area contributed by atoms with Crippen LogP contribution in [0.4, 0.5) is 5.69 Å². The van der Waals surface area contributed by atoms with E-state index in [4.69, 9.17) is 0 Å². The zero-order valence-corrected chi connectivity index (χ0v) is 13.4. The maximum Gasteiger partial charge on any atom is 0.251 e. The lowest BCUT2D eigenvalue weighted by Crippen LogP contribution is -2.34. The van der Waals surface area contributed by atoms with Gasteiger partial charge in [-0.3, -0.25) is 4.79 Å². The summed E-state index contributed by atoms with van der Waals surface area (Å²) in [5.74, 6) is 0.521. The van der Waals surface area contributed by atoms with Crippen LogP contribution in [0.5, 0.6) is 0 Å². The van der Waals surface area contributed by atoms with Crippen LogP contribution in [-0.4, -0.2) is 44.0 Å². The number of amides is 1. The van der Waals surface area contributed by atoms with E-state index < -0.39 is 0 Å². The molecule has 1 aliphatic rings. The van der Waals surface area contributed by atoms with Crippen molar-refractivity contribution in [3.8, 4) is 0 Å². The molecule has 4 heteroatoms. The van der Waals surface area contributed by atoms with Gasteiger partial charge in [-0.1, -0.05) is 6.92 Å². The van der Waals surface area contributed by atoms with Gasteiger partial charge in [-0.25, -0.2) is 0 Å². The van der Waals surface area contributed by atoms with Gasteiger partial charge in [0.15, 0.2) is 0 Å². The Hall–Kier alpha value is -1.55. The molecule has 0 spiro atoms. The predicted molar refractivity (Wildman–Crippen MR) is 87.9 cm³/mol. The van der Waals surface area contributed by atoms with Crippen LogP contribution in [0.25, 0.3) is 0 Å². The van der Waals surface area contributed by atoms with Crippen molar-refractivity contribution in [1.29, 1.82) is 0 Å². The largest absolute Gasteiger partial charge is 0.388 e. The van der Waals surface area contributed by atoms with Crippen molar-refractivity contribution in [3.63, 3.8) is 0 Å². The van der Waals surface area contributed by atoms with E-state index >= 15 is 0 Å². The van der Waals surface area contributed by atoms with Gasteiger partial charge < -0.3 is 15.5 Å². The van der Waals surface area contributed by atoms with E-state index in [1.54, 1.807) is 0 Å². The van der Waals surface area contributed by atoms with Gasteiger partial charge in [0.2, 0.25) is 0 Å². The molecule has 0 aromatic heterocycles. The highest BCUT2D eigenvalue weighted by Crippen LogP contribution is 2.15. The fourth-order valence-corrected chi connectivity index (χ4v) is 2.91. The summed E-state index contributed by atoms with van der Waals surface area (Å²) in [5, 5.41) is 6.15. The number of carbonyl (C=O) groups is 1. The highest BCUT2D eigenvalue weighted by atomic mass is 16.1. The van der Waals surface area contributed by atoms with Crippen LogP contribution < -0.4 is 10.6 Å². The number of nitrogens with one attached hydrogen (secondary N) is 2. The Labute approximate surface area is 127 Å². The zero-order valence-electron chi connectivity index (χ0n) is 13.4. The normalized spacial score (nSPS) is 16.7. The van der Waals surface area contributed by atoms with Crippen molar-refractivity contribution in [2.45, 2.75) is 26.7 Å². The Kier molecular flexibility index (Phi) is 5.62. The number of nitrogens with zero attached hydrogens (tertiary/aromatic N) is 1. The van der Waals surface area contributed by atoms with Crippen molar-refractivity contribution in [1.82, 2.24) is 10.2 Å². The van der Waals surface area contributed by atoms with Crippen LogP contribution in [0.2, 0.25) is 0 Å². The first-order valence-corrected chi connectivity index (χ1v) is 7.89. The summed E-state index contributed by atoms with van der Waals surface area (Å²) < 4.78 is 0. The molecule has 1 fully saturated rings. The molecule has 0 aliphatic carbocycles. The molecule has 1 aromatic rings. The molecule has 21 heavy (non-hydrogen) atoms. The second kappa shape index (κ2) is 7.46. The minimum atomic E-state index is 0.0309. The SMILES string of the molecule is CNc1ccc(C(=O)NCC(C)CN2CCCC2)c(C)c1. The molecule has 4 nitrogen and oxygen atoms in total. The van der Waals surface area contributed by atoms with E-state index in [0.717, 1.165) is 29.9 Å². The van der Waals surface area contributed by atoms with E-state index in [1.807, 2.05) is 32.2 Å². The molecular formula is C17H27N3O. The first-order valence-electron chi connectivity index (χ1n) is 7.89. The molecule has 2 N–H and O–H groups in total. The second-order valence-corrected chi connectivity index (χ2v) is 6.10. The van der Waals surface area contributed by atoms with Crippen LogP contribution in [0, 0.1) is 12.8 Å². The number of benzene rings is 1. The molecule has 1 aliphatic heterocycles. The number of carbonyl (C=O) groups excluding carboxylic acids is 1. The van der Waals surface area contributed by atoms with Gasteiger partial charge in [-0.15, -0.1) is 0 Å². The Balaban J connectivity index is 1.83. The van der Waals surface area contributed by atoms with Crippen molar-refractivity contribution < 1.29 is 4.79 Å². The van der Waals surface area contributed by atoms with Gasteiger partial charge in [-0.2, -0.15) is 0 Å². The number of likely N-dealkylation sites (tertiary alicyclic amines) is 1. The molecular weight excluding hydrogens is 262 g/mol. The summed E-state index contributed by atoms with van der Waals surface area (Å²) >= 11 is 0. The highest BCUT2D eigenvalue weighted by Gasteiger charge is 2.16. The predicted octanol–water partition coefficient (Wildman–Crippen LogP) is 2.50. The molecule has 1 atom stereocenters. The minimum Gasteiger partial charge on any atom is -0.388 e. The molecule has 0 saturated carbocycles. The molecule has 116 valence electrons. The van der Waals surface area contributed by atoms with Crippen LogP contribution in [0.15, 0.2) is 18.2 Å². The molecule has 1 saturated heterocycles. The van der Waals surface area contributed by atoms with Gasteiger partial charge >= 0.3 is 0 Å². The maximum absolute atomic E-state index is 12.3. The monoisotopic (exact) mass is 289 g/mol. The summed E-state index contributed by atoms with van der Waals surface area (Å²) in [7, 11) is 1.88. The van der Waals surface area contributed by atoms with Gasteiger partial charge in [0, 0.05) is 31.4 Å². The van der Waals surface area contributed by atoms with Crippen LogP contribution in [0.3, 0.4) is 0 Å². The van der Waals surface area contributed by atoms with Crippen molar-refractivity contribution >= 4 is 11.6 Å². The van der Waals surface area contributed by atoms with E-state index in [-0.39, 0.29) is 5.91 Å².